The highest BCUT2D eigenvalue weighted by Crippen LogP contribution is 2.40. The van der Waals surface area contributed by atoms with Gasteiger partial charge in [0.05, 0.1) is 19.8 Å². The number of para-hydroxylation sites is 1. The SMILES string of the molecule is CCOC(=O)C1(C(=O)OCC)CCCOc2ccccc21. The van der Waals surface area contributed by atoms with E-state index in [-0.39, 0.29) is 13.2 Å². The fraction of sp³-hybridized carbons (Fsp3) is 0.500. The summed E-state index contributed by atoms with van der Waals surface area (Å²) in [6.45, 7) is 4.31. The normalized spacial score (nSPS) is 16.1. The van der Waals surface area contributed by atoms with Gasteiger partial charge in [0.1, 0.15) is 5.75 Å². The molecule has 1 aromatic carbocycles. The molecule has 0 bridgehead atoms. The number of fused-ring (bicyclic) bond motifs is 1. The van der Waals surface area contributed by atoms with Crippen LogP contribution in [-0.4, -0.2) is 31.8 Å². The lowest BCUT2D eigenvalue weighted by molar-refractivity contribution is -0.165. The van der Waals surface area contributed by atoms with Crippen molar-refractivity contribution in [2.24, 2.45) is 0 Å². The number of carbonyl (C=O) groups is 2. The summed E-state index contributed by atoms with van der Waals surface area (Å²) in [5.41, 5.74) is -0.904. The zero-order valence-corrected chi connectivity index (χ0v) is 12.4. The maximum Gasteiger partial charge on any atom is 0.328 e. The average molecular weight is 292 g/mol. The van der Waals surface area contributed by atoms with E-state index in [1.165, 1.54) is 0 Å². The first kappa shape index (κ1) is 15.4. The van der Waals surface area contributed by atoms with Crippen LogP contribution in [0.25, 0.3) is 0 Å². The number of ether oxygens (including phenoxy) is 3. The van der Waals surface area contributed by atoms with Crippen molar-refractivity contribution in [2.75, 3.05) is 19.8 Å². The standard InChI is InChI=1S/C16H20O5/c1-3-19-14(17)16(15(18)20-4-2)10-7-11-21-13-9-6-5-8-12(13)16/h5-6,8-9H,3-4,7,10-11H2,1-2H3. The molecule has 0 atom stereocenters. The highest BCUT2D eigenvalue weighted by molar-refractivity contribution is 6.07. The van der Waals surface area contributed by atoms with Crippen molar-refractivity contribution in [3.63, 3.8) is 0 Å². The zero-order chi connectivity index (χ0) is 15.3. The molecule has 2 rings (SSSR count). The van der Waals surface area contributed by atoms with Crippen LogP contribution < -0.4 is 4.74 Å². The molecule has 0 saturated carbocycles. The van der Waals surface area contributed by atoms with Crippen LogP contribution in [0.2, 0.25) is 0 Å². The monoisotopic (exact) mass is 292 g/mol. The molecule has 1 heterocycles. The topological polar surface area (TPSA) is 61.8 Å². The third-order valence-electron chi connectivity index (χ3n) is 3.55. The van der Waals surface area contributed by atoms with Gasteiger partial charge in [-0.1, -0.05) is 18.2 Å². The number of carbonyl (C=O) groups excluding carboxylic acids is 2. The van der Waals surface area contributed by atoms with Crippen molar-refractivity contribution in [3.8, 4) is 5.75 Å². The van der Waals surface area contributed by atoms with E-state index >= 15 is 0 Å². The van der Waals surface area contributed by atoms with E-state index in [0.717, 1.165) is 0 Å². The minimum absolute atomic E-state index is 0.211. The van der Waals surface area contributed by atoms with Crippen molar-refractivity contribution < 1.29 is 23.8 Å². The molecule has 1 aliphatic heterocycles. The Labute approximate surface area is 124 Å². The minimum atomic E-state index is -1.43. The van der Waals surface area contributed by atoms with Gasteiger partial charge in [-0.3, -0.25) is 9.59 Å². The molecule has 0 fully saturated rings. The lowest BCUT2D eigenvalue weighted by atomic mass is 9.76. The van der Waals surface area contributed by atoms with E-state index in [2.05, 4.69) is 0 Å². The molecule has 0 spiro atoms. The Bertz CT molecular complexity index is 505. The predicted molar refractivity (Wildman–Crippen MR) is 76.1 cm³/mol. The minimum Gasteiger partial charge on any atom is -0.493 e. The van der Waals surface area contributed by atoms with Crippen molar-refractivity contribution in [3.05, 3.63) is 29.8 Å². The highest BCUT2D eigenvalue weighted by atomic mass is 16.6. The second-order valence-electron chi connectivity index (χ2n) is 4.79. The van der Waals surface area contributed by atoms with Gasteiger partial charge in [0, 0.05) is 5.56 Å². The quantitative estimate of drug-likeness (QED) is 0.629. The van der Waals surface area contributed by atoms with Gasteiger partial charge >= 0.3 is 11.9 Å². The molecular weight excluding hydrogens is 272 g/mol. The van der Waals surface area contributed by atoms with Crippen molar-refractivity contribution in [1.29, 1.82) is 0 Å². The molecular formula is C16H20O5. The maximum absolute atomic E-state index is 12.6. The summed E-state index contributed by atoms with van der Waals surface area (Å²) < 4.78 is 16.0. The number of benzene rings is 1. The van der Waals surface area contributed by atoms with Gasteiger partial charge < -0.3 is 14.2 Å². The summed E-state index contributed by atoms with van der Waals surface area (Å²) in [6.07, 6.45) is 0.897. The molecule has 1 aromatic rings. The molecule has 0 amide bonds. The van der Waals surface area contributed by atoms with Crippen LogP contribution in [0, 0.1) is 0 Å². The summed E-state index contributed by atoms with van der Waals surface area (Å²) >= 11 is 0. The Kier molecular flexibility index (Phi) is 4.83. The summed E-state index contributed by atoms with van der Waals surface area (Å²) in [6, 6.07) is 7.08. The molecule has 0 aromatic heterocycles. The van der Waals surface area contributed by atoms with Crippen LogP contribution in [0.15, 0.2) is 24.3 Å². The predicted octanol–water partition coefficient (Wildman–Crippen LogP) is 2.22. The van der Waals surface area contributed by atoms with Gasteiger partial charge in [-0.05, 0) is 32.8 Å². The van der Waals surface area contributed by atoms with Gasteiger partial charge in [-0.15, -0.1) is 0 Å². The van der Waals surface area contributed by atoms with E-state index in [1.807, 2.05) is 6.07 Å². The first-order chi connectivity index (χ1) is 10.2. The average Bonchev–Trinajstić information content (AvgIpc) is 2.68. The van der Waals surface area contributed by atoms with E-state index < -0.39 is 17.4 Å². The van der Waals surface area contributed by atoms with Crippen molar-refractivity contribution in [1.82, 2.24) is 0 Å². The fourth-order valence-electron chi connectivity index (χ4n) is 2.62. The molecule has 0 saturated heterocycles. The van der Waals surface area contributed by atoms with Crippen LogP contribution in [0.1, 0.15) is 32.3 Å². The van der Waals surface area contributed by atoms with Crippen LogP contribution >= 0.6 is 0 Å². The summed E-state index contributed by atoms with van der Waals surface area (Å²) in [5, 5.41) is 0. The van der Waals surface area contributed by atoms with Gasteiger partial charge in [0.25, 0.3) is 0 Å². The van der Waals surface area contributed by atoms with Gasteiger partial charge in [-0.25, -0.2) is 0 Å². The molecule has 0 aliphatic carbocycles. The van der Waals surface area contributed by atoms with Crippen molar-refractivity contribution in [2.45, 2.75) is 32.1 Å². The van der Waals surface area contributed by atoms with Crippen LogP contribution in [0.3, 0.4) is 0 Å². The summed E-state index contributed by atoms with van der Waals surface area (Å²) in [5.74, 6) is -0.598. The second-order valence-corrected chi connectivity index (χ2v) is 4.79. The largest absolute Gasteiger partial charge is 0.493 e. The molecule has 1 aliphatic rings. The Morgan fingerprint density at radius 2 is 1.76 bits per heavy atom. The summed E-state index contributed by atoms with van der Waals surface area (Å²) in [7, 11) is 0. The number of rotatable bonds is 4. The molecule has 114 valence electrons. The lowest BCUT2D eigenvalue weighted by Crippen LogP contribution is -2.46. The Morgan fingerprint density at radius 1 is 1.14 bits per heavy atom. The first-order valence-corrected chi connectivity index (χ1v) is 7.23. The van der Waals surface area contributed by atoms with Crippen molar-refractivity contribution >= 4 is 11.9 Å². The molecule has 0 radical (unpaired) electrons. The third-order valence-corrected chi connectivity index (χ3v) is 3.55. The van der Waals surface area contributed by atoms with E-state index in [4.69, 9.17) is 14.2 Å². The van der Waals surface area contributed by atoms with E-state index in [9.17, 15) is 9.59 Å². The van der Waals surface area contributed by atoms with E-state index in [0.29, 0.717) is 30.8 Å². The van der Waals surface area contributed by atoms with Crippen LogP contribution in [-0.2, 0) is 24.5 Å². The molecule has 5 heteroatoms. The Hall–Kier alpha value is -2.04. The zero-order valence-electron chi connectivity index (χ0n) is 12.4. The van der Waals surface area contributed by atoms with Crippen LogP contribution in [0.4, 0.5) is 0 Å². The molecule has 0 unspecified atom stereocenters. The van der Waals surface area contributed by atoms with Gasteiger partial charge in [0.2, 0.25) is 0 Å². The first-order valence-electron chi connectivity index (χ1n) is 7.23. The molecule has 21 heavy (non-hydrogen) atoms. The maximum atomic E-state index is 12.6. The number of hydrogen-bond donors (Lipinski definition) is 0. The lowest BCUT2D eigenvalue weighted by Gasteiger charge is -2.28. The summed E-state index contributed by atoms with van der Waals surface area (Å²) in [4.78, 5) is 25.1. The third kappa shape index (κ3) is 2.73. The second kappa shape index (κ2) is 6.61. The Balaban J connectivity index is 2.57. The number of hydrogen-bond acceptors (Lipinski definition) is 5. The molecule has 5 nitrogen and oxygen atoms in total. The van der Waals surface area contributed by atoms with Crippen LogP contribution in [0.5, 0.6) is 5.75 Å². The molecule has 0 N–H and O–H groups in total. The van der Waals surface area contributed by atoms with Gasteiger partial charge in [-0.2, -0.15) is 0 Å². The number of esters is 2. The smallest absolute Gasteiger partial charge is 0.328 e. The van der Waals surface area contributed by atoms with Gasteiger partial charge in [0.15, 0.2) is 5.41 Å². The Morgan fingerprint density at radius 3 is 2.38 bits per heavy atom. The highest BCUT2D eigenvalue weighted by Gasteiger charge is 2.52. The fourth-order valence-corrected chi connectivity index (χ4v) is 2.62. The van der Waals surface area contributed by atoms with E-state index in [1.54, 1.807) is 32.0 Å².